The van der Waals surface area contributed by atoms with E-state index in [9.17, 15) is 14.0 Å². The highest BCUT2D eigenvalue weighted by Gasteiger charge is 2.25. The first-order chi connectivity index (χ1) is 12.4. The Labute approximate surface area is 153 Å². The van der Waals surface area contributed by atoms with Gasteiger partial charge in [-0.3, -0.25) is 9.59 Å². The Balaban J connectivity index is 1.56. The van der Waals surface area contributed by atoms with Gasteiger partial charge in [0, 0.05) is 31.7 Å². The van der Waals surface area contributed by atoms with Gasteiger partial charge in [-0.1, -0.05) is 24.3 Å². The molecular weight excluding hydrogens is 331 g/mol. The van der Waals surface area contributed by atoms with E-state index in [1.807, 2.05) is 19.1 Å². The first kappa shape index (κ1) is 18.1. The van der Waals surface area contributed by atoms with Crippen molar-refractivity contribution < 1.29 is 14.0 Å². The van der Waals surface area contributed by atoms with Crippen LogP contribution in [-0.2, 0) is 11.2 Å². The van der Waals surface area contributed by atoms with Gasteiger partial charge in [-0.2, -0.15) is 0 Å². The highest BCUT2D eigenvalue weighted by Crippen LogP contribution is 2.14. The third kappa shape index (κ3) is 4.10. The van der Waals surface area contributed by atoms with E-state index in [-0.39, 0.29) is 11.8 Å². The fourth-order valence-electron chi connectivity index (χ4n) is 3.16. The van der Waals surface area contributed by atoms with Crippen LogP contribution in [0, 0.1) is 19.7 Å². The van der Waals surface area contributed by atoms with Crippen LogP contribution in [0.3, 0.4) is 0 Å². The van der Waals surface area contributed by atoms with Crippen LogP contribution in [0.1, 0.15) is 27.0 Å². The second kappa shape index (κ2) is 7.68. The Bertz CT molecular complexity index is 827. The number of benzene rings is 2. The smallest absolute Gasteiger partial charge is 0.254 e. The molecule has 3 rings (SSSR count). The van der Waals surface area contributed by atoms with Crippen molar-refractivity contribution in [3.8, 4) is 0 Å². The molecule has 0 spiro atoms. The minimum Gasteiger partial charge on any atom is -0.339 e. The van der Waals surface area contributed by atoms with Gasteiger partial charge in [-0.05, 0) is 48.7 Å². The summed E-state index contributed by atoms with van der Waals surface area (Å²) in [7, 11) is 0. The molecule has 0 aromatic heterocycles. The minimum atomic E-state index is -0.418. The van der Waals surface area contributed by atoms with Gasteiger partial charge >= 0.3 is 0 Å². The van der Waals surface area contributed by atoms with Crippen LogP contribution in [-0.4, -0.2) is 47.8 Å². The number of carbonyl (C=O) groups is 2. The normalized spacial score (nSPS) is 14.4. The van der Waals surface area contributed by atoms with Crippen molar-refractivity contribution in [3.63, 3.8) is 0 Å². The van der Waals surface area contributed by atoms with Crippen LogP contribution < -0.4 is 0 Å². The molecule has 26 heavy (non-hydrogen) atoms. The highest BCUT2D eigenvalue weighted by atomic mass is 19.1. The fraction of sp³-hybridized carbons (Fsp3) is 0.333. The van der Waals surface area contributed by atoms with Crippen LogP contribution in [0.2, 0.25) is 0 Å². The van der Waals surface area contributed by atoms with Crippen molar-refractivity contribution in [1.82, 2.24) is 9.80 Å². The van der Waals surface area contributed by atoms with Gasteiger partial charge in [0.15, 0.2) is 0 Å². The van der Waals surface area contributed by atoms with Crippen LogP contribution >= 0.6 is 0 Å². The summed E-state index contributed by atoms with van der Waals surface area (Å²) < 4.78 is 13.3. The summed E-state index contributed by atoms with van der Waals surface area (Å²) in [6, 6.07) is 11.8. The lowest BCUT2D eigenvalue weighted by atomic mass is 10.0. The van der Waals surface area contributed by atoms with Crippen molar-refractivity contribution in [2.75, 3.05) is 26.2 Å². The third-order valence-corrected chi connectivity index (χ3v) is 4.92. The molecule has 4 nitrogen and oxygen atoms in total. The van der Waals surface area contributed by atoms with Crippen molar-refractivity contribution in [2.45, 2.75) is 20.3 Å². The van der Waals surface area contributed by atoms with Gasteiger partial charge in [0.05, 0.1) is 6.42 Å². The Morgan fingerprint density at radius 2 is 1.62 bits per heavy atom. The van der Waals surface area contributed by atoms with E-state index in [0.29, 0.717) is 38.2 Å². The van der Waals surface area contributed by atoms with Crippen LogP contribution in [0.25, 0.3) is 0 Å². The first-order valence-electron chi connectivity index (χ1n) is 8.83. The molecule has 0 radical (unpaired) electrons. The van der Waals surface area contributed by atoms with Gasteiger partial charge in [0.25, 0.3) is 5.91 Å². The first-order valence-corrected chi connectivity index (χ1v) is 8.83. The summed E-state index contributed by atoms with van der Waals surface area (Å²) in [6.07, 6.45) is 0.374. The molecular formula is C21H23FN2O2. The number of amides is 2. The summed E-state index contributed by atoms with van der Waals surface area (Å²) in [4.78, 5) is 28.4. The number of aryl methyl sites for hydroxylation is 2. The quantitative estimate of drug-likeness (QED) is 0.850. The predicted molar refractivity (Wildman–Crippen MR) is 98.5 cm³/mol. The molecule has 0 N–H and O–H groups in total. The molecule has 2 amide bonds. The molecule has 0 aliphatic carbocycles. The molecule has 0 unspecified atom stereocenters. The molecule has 1 aliphatic rings. The molecule has 0 saturated carbocycles. The number of hydrogen-bond acceptors (Lipinski definition) is 2. The average Bonchev–Trinajstić information content (AvgIpc) is 2.64. The number of halogens is 1. The average molecular weight is 354 g/mol. The maximum Gasteiger partial charge on any atom is 0.254 e. The maximum absolute atomic E-state index is 13.3. The van der Waals surface area contributed by atoms with E-state index in [0.717, 1.165) is 5.56 Å². The zero-order valence-electron chi connectivity index (χ0n) is 15.2. The largest absolute Gasteiger partial charge is 0.339 e. The van der Waals surface area contributed by atoms with Gasteiger partial charge in [-0.25, -0.2) is 4.39 Å². The summed E-state index contributed by atoms with van der Waals surface area (Å²) in [5.41, 5.74) is 3.75. The van der Waals surface area contributed by atoms with Gasteiger partial charge in [0.1, 0.15) is 5.82 Å². The SMILES string of the molecule is Cc1ccc(CC(=O)N2CCN(C(=O)c3cccc(F)c3)CC2)cc1C. The number of rotatable bonds is 3. The van der Waals surface area contributed by atoms with Gasteiger partial charge in [-0.15, -0.1) is 0 Å². The van der Waals surface area contributed by atoms with Gasteiger partial charge in [0.2, 0.25) is 5.91 Å². The Hall–Kier alpha value is -2.69. The van der Waals surface area contributed by atoms with Crippen molar-refractivity contribution in [2.24, 2.45) is 0 Å². The van der Waals surface area contributed by atoms with Crippen LogP contribution in [0.15, 0.2) is 42.5 Å². The van der Waals surface area contributed by atoms with Gasteiger partial charge < -0.3 is 9.80 Å². The molecule has 0 bridgehead atoms. The monoisotopic (exact) mass is 354 g/mol. The molecule has 1 heterocycles. The van der Waals surface area contributed by atoms with Crippen molar-refractivity contribution in [1.29, 1.82) is 0 Å². The van der Waals surface area contributed by atoms with E-state index < -0.39 is 5.82 Å². The summed E-state index contributed by atoms with van der Waals surface area (Å²) in [5.74, 6) is -0.532. The third-order valence-electron chi connectivity index (χ3n) is 4.92. The van der Waals surface area contributed by atoms with Crippen LogP contribution in [0.5, 0.6) is 0 Å². The lowest BCUT2D eigenvalue weighted by Gasteiger charge is -2.35. The number of hydrogen-bond donors (Lipinski definition) is 0. The van der Waals surface area contributed by atoms with E-state index in [1.54, 1.807) is 15.9 Å². The summed E-state index contributed by atoms with van der Waals surface area (Å²) in [5, 5.41) is 0. The molecule has 5 heteroatoms. The Morgan fingerprint density at radius 3 is 2.27 bits per heavy atom. The lowest BCUT2D eigenvalue weighted by Crippen LogP contribution is -2.51. The van der Waals surface area contributed by atoms with E-state index in [2.05, 4.69) is 13.0 Å². The number of nitrogens with zero attached hydrogens (tertiary/aromatic N) is 2. The summed E-state index contributed by atoms with van der Waals surface area (Å²) >= 11 is 0. The number of carbonyl (C=O) groups excluding carboxylic acids is 2. The Morgan fingerprint density at radius 1 is 0.923 bits per heavy atom. The lowest BCUT2D eigenvalue weighted by molar-refractivity contribution is -0.131. The molecule has 2 aromatic rings. The van der Waals surface area contributed by atoms with Crippen molar-refractivity contribution >= 4 is 11.8 Å². The molecule has 1 aliphatic heterocycles. The van der Waals surface area contributed by atoms with E-state index in [1.165, 1.54) is 29.3 Å². The highest BCUT2D eigenvalue weighted by molar-refractivity contribution is 5.94. The second-order valence-electron chi connectivity index (χ2n) is 6.78. The molecule has 0 atom stereocenters. The standard InChI is InChI=1S/C21H23FN2O2/c1-15-6-7-17(12-16(15)2)13-20(25)23-8-10-24(11-9-23)21(26)18-4-3-5-19(22)14-18/h3-7,12,14H,8-11,13H2,1-2H3. The molecule has 1 fully saturated rings. The summed E-state index contributed by atoms with van der Waals surface area (Å²) in [6.45, 7) is 6.04. The fourth-order valence-corrected chi connectivity index (χ4v) is 3.16. The zero-order valence-corrected chi connectivity index (χ0v) is 15.2. The minimum absolute atomic E-state index is 0.0751. The van der Waals surface area contributed by atoms with Crippen LogP contribution in [0.4, 0.5) is 4.39 Å². The van der Waals surface area contributed by atoms with Crippen molar-refractivity contribution in [3.05, 3.63) is 70.5 Å². The number of piperazine rings is 1. The maximum atomic E-state index is 13.3. The molecule has 136 valence electrons. The zero-order chi connectivity index (χ0) is 18.7. The molecule has 1 saturated heterocycles. The second-order valence-corrected chi connectivity index (χ2v) is 6.78. The predicted octanol–water partition coefficient (Wildman–Crippen LogP) is 2.97. The molecule has 2 aromatic carbocycles. The Kier molecular flexibility index (Phi) is 5.35. The van der Waals surface area contributed by atoms with E-state index in [4.69, 9.17) is 0 Å². The topological polar surface area (TPSA) is 40.6 Å². The van der Waals surface area contributed by atoms with E-state index >= 15 is 0 Å².